The van der Waals surface area contributed by atoms with Gasteiger partial charge in [-0.05, 0) is 32.8 Å². The zero-order valence-corrected chi connectivity index (χ0v) is 19.2. The largest absolute Gasteiger partial charge is 0.342 e. The number of aryl methyl sites for hydroxylation is 2. The molecule has 0 radical (unpaired) electrons. The Kier molecular flexibility index (Phi) is 5.85. The number of rotatable bonds is 4. The van der Waals surface area contributed by atoms with E-state index >= 15 is 0 Å². The Hall–Kier alpha value is -3.26. The molecule has 33 heavy (non-hydrogen) atoms. The predicted octanol–water partition coefficient (Wildman–Crippen LogP) is 2.89. The van der Waals surface area contributed by atoms with Crippen LogP contribution in [0.25, 0.3) is 22.4 Å². The second-order valence-electron chi connectivity index (χ2n) is 9.03. The van der Waals surface area contributed by atoms with Crippen LogP contribution in [-0.4, -0.2) is 82.5 Å². The van der Waals surface area contributed by atoms with Gasteiger partial charge in [0.15, 0.2) is 0 Å². The molecule has 2 fully saturated rings. The molecular formula is C25H29N5O3. The van der Waals surface area contributed by atoms with E-state index in [2.05, 4.69) is 15.0 Å². The SMILES string of the molecule is Cc1ccc(-c2cc(C(=O)N3CCN(CC(=O)N4CCCC4)CC3)c3c(C)noc3n2)cc1. The van der Waals surface area contributed by atoms with Gasteiger partial charge >= 0.3 is 0 Å². The lowest BCUT2D eigenvalue weighted by molar-refractivity contribution is -0.131. The van der Waals surface area contributed by atoms with E-state index in [9.17, 15) is 9.59 Å². The number of carbonyl (C=O) groups is 2. The van der Waals surface area contributed by atoms with Gasteiger partial charge in [-0.2, -0.15) is 0 Å². The lowest BCUT2D eigenvalue weighted by atomic mass is 10.0. The topological polar surface area (TPSA) is 82.8 Å². The van der Waals surface area contributed by atoms with Crippen LogP contribution >= 0.6 is 0 Å². The summed E-state index contributed by atoms with van der Waals surface area (Å²) >= 11 is 0. The molecule has 8 nitrogen and oxygen atoms in total. The van der Waals surface area contributed by atoms with E-state index in [4.69, 9.17) is 4.52 Å². The van der Waals surface area contributed by atoms with Gasteiger partial charge in [0, 0.05) is 44.8 Å². The fraction of sp³-hybridized carbons (Fsp3) is 0.440. The van der Waals surface area contributed by atoms with Gasteiger partial charge in [0.1, 0.15) is 0 Å². The quantitative estimate of drug-likeness (QED) is 0.612. The van der Waals surface area contributed by atoms with Crippen molar-refractivity contribution < 1.29 is 14.1 Å². The van der Waals surface area contributed by atoms with Gasteiger partial charge in [0.05, 0.1) is 28.9 Å². The molecule has 2 amide bonds. The molecule has 0 N–H and O–H groups in total. The molecule has 8 heteroatoms. The molecule has 0 bridgehead atoms. The molecule has 0 unspecified atom stereocenters. The van der Waals surface area contributed by atoms with Crippen molar-refractivity contribution in [3.8, 4) is 11.3 Å². The summed E-state index contributed by atoms with van der Waals surface area (Å²) < 4.78 is 5.44. The van der Waals surface area contributed by atoms with E-state index in [1.165, 1.54) is 0 Å². The molecule has 0 spiro atoms. The highest BCUT2D eigenvalue weighted by Gasteiger charge is 2.28. The smallest absolute Gasteiger partial charge is 0.259 e. The zero-order chi connectivity index (χ0) is 22.9. The Balaban J connectivity index is 1.34. The molecule has 1 aromatic carbocycles. The van der Waals surface area contributed by atoms with Crippen LogP contribution < -0.4 is 0 Å². The number of nitrogens with zero attached hydrogens (tertiary/aromatic N) is 5. The third kappa shape index (κ3) is 4.35. The van der Waals surface area contributed by atoms with Crippen molar-refractivity contribution in [3.63, 3.8) is 0 Å². The standard InChI is InChI=1S/C25H29N5O3/c1-17-5-7-19(8-6-17)21-15-20(23-18(2)27-33-24(23)26-21)25(32)30-13-11-28(12-14-30)16-22(31)29-9-3-4-10-29/h5-8,15H,3-4,9-14,16H2,1-2H3. The Morgan fingerprint density at radius 1 is 0.939 bits per heavy atom. The third-order valence-electron chi connectivity index (χ3n) is 6.67. The number of aromatic nitrogens is 2. The molecule has 2 aliphatic rings. The first-order chi connectivity index (χ1) is 16.0. The van der Waals surface area contributed by atoms with E-state index in [1.54, 1.807) is 0 Å². The Bertz CT molecular complexity index is 1170. The Labute approximate surface area is 193 Å². The minimum atomic E-state index is -0.0485. The van der Waals surface area contributed by atoms with Crippen LogP contribution in [0.3, 0.4) is 0 Å². The summed E-state index contributed by atoms with van der Waals surface area (Å²) in [5.41, 5.74) is 4.38. The van der Waals surface area contributed by atoms with Crippen LogP contribution in [0.2, 0.25) is 0 Å². The van der Waals surface area contributed by atoms with Gasteiger partial charge < -0.3 is 14.3 Å². The van der Waals surface area contributed by atoms with E-state index in [-0.39, 0.29) is 11.8 Å². The molecule has 3 aromatic rings. The monoisotopic (exact) mass is 447 g/mol. The number of hydrogen-bond acceptors (Lipinski definition) is 6. The average molecular weight is 448 g/mol. The van der Waals surface area contributed by atoms with Crippen LogP contribution in [0, 0.1) is 13.8 Å². The number of hydrogen-bond donors (Lipinski definition) is 0. The lowest BCUT2D eigenvalue weighted by Gasteiger charge is -2.35. The van der Waals surface area contributed by atoms with Crippen molar-refractivity contribution in [3.05, 3.63) is 47.2 Å². The average Bonchev–Trinajstić information content (AvgIpc) is 3.50. The summed E-state index contributed by atoms with van der Waals surface area (Å²) in [5.74, 6) is 0.151. The molecular weight excluding hydrogens is 418 g/mol. The third-order valence-corrected chi connectivity index (χ3v) is 6.67. The minimum absolute atomic E-state index is 0.0485. The van der Waals surface area contributed by atoms with Crippen LogP contribution in [0.5, 0.6) is 0 Å². The van der Waals surface area contributed by atoms with Crippen molar-refractivity contribution in [2.75, 3.05) is 45.8 Å². The first-order valence-electron chi connectivity index (χ1n) is 11.6. The van der Waals surface area contributed by atoms with E-state index in [0.717, 1.165) is 37.1 Å². The van der Waals surface area contributed by atoms with Crippen LogP contribution in [0.1, 0.15) is 34.5 Å². The van der Waals surface area contributed by atoms with E-state index in [0.29, 0.717) is 60.8 Å². The number of benzene rings is 1. The second kappa shape index (κ2) is 8.94. The number of piperazine rings is 1. The normalized spacial score (nSPS) is 17.2. The highest BCUT2D eigenvalue weighted by molar-refractivity contribution is 6.07. The van der Waals surface area contributed by atoms with Crippen molar-refractivity contribution in [2.45, 2.75) is 26.7 Å². The number of amides is 2. The van der Waals surface area contributed by atoms with Gasteiger partial charge in [0.25, 0.3) is 11.6 Å². The minimum Gasteiger partial charge on any atom is -0.342 e. The van der Waals surface area contributed by atoms with Crippen LogP contribution in [0.15, 0.2) is 34.9 Å². The zero-order valence-electron chi connectivity index (χ0n) is 19.2. The first kappa shape index (κ1) is 21.6. The molecule has 2 aromatic heterocycles. The van der Waals surface area contributed by atoms with Gasteiger partial charge in [-0.15, -0.1) is 0 Å². The van der Waals surface area contributed by atoms with Crippen LogP contribution in [-0.2, 0) is 4.79 Å². The lowest BCUT2D eigenvalue weighted by Crippen LogP contribution is -2.51. The second-order valence-corrected chi connectivity index (χ2v) is 9.03. The molecule has 2 aliphatic heterocycles. The Morgan fingerprint density at radius 2 is 1.64 bits per heavy atom. The fourth-order valence-corrected chi connectivity index (χ4v) is 4.67. The summed E-state index contributed by atoms with van der Waals surface area (Å²) in [7, 11) is 0. The number of pyridine rings is 1. The maximum Gasteiger partial charge on any atom is 0.259 e. The van der Waals surface area contributed by atoms with Crippen molar-refractivity contribution >= 4 is 22.9 Å². The molecule has 172 valence electrons. The van der Waals surface area contributed by atoms with Gasteiger partial charge in [0.2, 0.25) is 5.91 Å². The van der Waals surface area contributed by atoms with Gasteiger partial charge in [-0.25, -0.2) is 4.98 Å². The molecule has 5 rings (SSSR count). The molecule has 0 atom stereocenters. The highest BCUT2D eigenvalue weighted by atomic mass is 16.5. The summed E-state index contributed by atoms with van der Waals surface area (Å²) in [4.78, 5) is 36.6. The van der Waals surface area contributed by atoms with E-state index < -0.39 is 0 Å². The van der Waals surface area contributed by atoms with E-state index in [1.807, 2.05) is 54.0 Å². The maximum atomic E-state index is 13.6. The summed E-state index contributed by atoms with van der Waals surface area (Å²) in [5, 5.41) is 4.73. The van der Waals surface area contributed by atoms with Gasteiger partial charge in [-0.3, -0.25) is 14.5 Å². The number of carbonyl (C=O) groups excluding carboxylic acids is 2. The highest BCUT2D eigenvalue weighted by Crippen LogP contribution is 2.28. The summed E-state index contributed by atoms with van der Waals surface area (Å²) in [6.07, 6.45) is 2.20. The molecule has 0 aliphatic carbocycles. The Morgan fingerprint density at radius 3 is 2.33 bits per heavy atom. The van der Waals surface area contributed by atoms with Crippen molar-refractivity contribution in [1.82, 2.24) is 24.8 Å². The molecule has 2 saturated heterocycles. The molecule has 4 heterocycles. The van der Waals surface area contributed by atoms with Crippen molar-refractivity contribution in [1.29, 1.82) is 0 Å². The summed E-state index contributed by atoms with van der Waals surface area (Å²) in [6.45, 7) is 8.59. The number of fused-ring (bicyclic) bond motifs is 1. The fourth-order valence-electron chi connectivity index (χ4n) is 4.67. The maximum absolute atomic E-state index is 13.6. The predicted molar refractivity (Wildman–Crippen MR) is 125 cm³/mol. The first-order valence-corrected chi connectivity index (χ1v) is 11.6. The number of likely N-dealkylation sites (tertiary alicyclic amines) is 1. The van der Waals surface area contributed by atoms with Gasteiger partial charge in [-0.1, -0.05) is 35.0 Å². The summed E-state index contributed by atoms with van der Waals surface area (Å²) in [6, 6.07) is 9.89. The van der Waals surface area contributed by atoms with Crippen molar-refractivity contribution in [2.24, 2.45) is 0 Å². The van der Waals surface area contributed by atoms with Crippen LogP contribution in [0.4, 0.5) is 0 Å². The molecule has 0 saturated carbocycles.